The summed E-state index contributed by atoms with van der Waals surface area (Å²) >= 11 is 6.30. The van der Waals surface area contributed by atoms with Gasteiger partial charge in [0.25, 0.3) is 0 Å². The first-order valence-electron chi connectivity index (χ1n) is 12.9. The van der Waals surface area contributed by atoms with Gasteiger partial charge < -0.3 is 10.1 Å². The molecule has 2 aliphatic rings. The molecular formula is C30H29ClN2O6S2. The van der Waals surface area contributed by atoms with Crippen LogP contribution < -0.4 is 5.32 Å². The van der Waals surface area contributed by atoms with E-state index in [9.17, 15) is 21.6 Å². The molecule has 0 saturated carbocycles. The number of dihydropyridines is 1. The Morgan fingerprint density at radius 1 is 0.976 bits per heavy atom. The summed E-state index contributed by atoms with van der Waals surface area (Å²) in [4.78, 5) is 14.9. The van der Waals surface area contributed by atoms with E-state index in [1.165, 1.54) is 24.3 Å². The summed E-state index contributed by atoms with van der Waals surface area (Å²) in [5.74, 6) is -2.40. The molecule has 5 rings (SSSR count). The summed E-state index contributed by atoms with van der Waals surface area (Å²) in [5.41, 5.74) is 1.94. The monoisotopic (exact) mass is 612 g/mol. The van der Waals surface area contributed by atoms with Crippen LogP contribution in [-0.2, 0) is 35.8 Å². The van der Waals surface area contributed by atoms with Crippen molar-refractivity contribution in [3.8, 4) is 0 Å². The summed E-state index contributed by atoms with van der Waals surface area (Å²) in [7, 11) is -6.48. The third kappa shape index (κ3) is 5.83. The van der Waals surface area contributed by atoms with Crippen LogP contribution in [0.4, 0.5) is 0 Å². The number of fused-ring (bicyclic) bond motifs is 1. The minimum atomic E-state index is -4.37. The number of carbonyl (C=O) groups is 1. The van der Waals surface area contributed by atoms with Crippen molar-refractivity contribution in [3.63, 3.8) is 0 Å². The second kappa shape index (κ2) is 11.4. The minimum absolute atomic E-state index is 0.00261. The largest absolute Gasteiger partial charge is 0.461 e. The number of hydrogen-bond donors (Lipinski definition) is 1. The topological polar surface area (TPSA) is 110 Å². The average Bonchev–Trinajstić information content (AvgIpc) is 2.98. The minimum Gasteiger partial charge on any atom is -0.461 e. The van der Waals surface area contributed by atoms with E-state index in [2.05, 4.69) is 5.32 Å². The Labute approximate surface area is 245 Å². The first-order valence-corrected chi connectivity index (χ1v) is 16.4. The molecule has 1 N–H and O–H groups in total. The van der Waals surface area contributed by atoms with Crippen LogP contribution in [0.5, 0.6) is 0 Å². The van der Waals surface area contributed by atoms with E-state index >= 15 is 0 Å². The fourth-order valence-corrected chi connectivity index (χ4v) is 9.50. The maximum atomic E-state index is 14.2. The first kappa shape index (κ1) is 29.1. The van der Waals surface area contributed by atoms with E-state index in [4.69, 9.17) is 16.3 Å². The molecule has 0 radical (unpaired) electrons. The maximum absolute atomic E-state index is 14.2. The van der Waals surface area contributed by atoms with Crippen LogP contribution in [0, 0.1) is 0 Å². The highest BCUT2D eigenvalue weighted by Crippen LogP contribution is 2.46. The second-order valence-electron chi connectivity index (χ2n) is 10.1. The molecule has 0 aromatic heterocycles. The van der Waals surface area contributed by atoms with Gasteiger partial charge in [-0.1, -0.05) is 66.2 Å². The smallest absolute Gasteiger partial charge is 0.336 e. The number of nitrogens with one attached hydrogen (secondary N) is 1. The number of halogens is 1. The van der Waals surface area contributed by atoms with Gasteiger partial charge in [-0.25, -0.2) is 21.6 Å². The molecule has 0 amide bonds. The van der Waals surface area contributed by atoms with E-state index in [0.717, 1.165) is 5.56 Å². The highest BCUT2D eigenvalue weighted by Gasteiger charge is 2.46. The predicted octanol–water partition coefficient (Wildman–Crippen LogP) is 4.45. The standard InChI is InChI=1S/C30H29ClN2O6S2/c1-20-27(30(34)39-16-15-33(2)18-21-9-4-3-5-10-21)28(22-11-8-12-23(31)17-22)29-24(32-20)19-40(35,36)25-13-6-7-14-26(25)41(29,37)38/h3-14,17,28,32H,15-16,18-19H2,1-2H3. The molecule has 3 aromatic carbocycles. The van der Waals surface area contributed by atoms with E-state index in [0.29, 0.717) is 29.4 Å². The lowest BCUT2D eigenvalue weighted by Gasteiger charge is -2.31. The Morgan fingerprint density at radius 2 is 1.66 bits per heavy atom. The lowest BCUT2D eigenvalue weighted by atomic mass is 9.86. The third-order valence-corrected chi connectivity index (χ3v) is 11.1. The van der Waals surface area contributed by atoms with E-state index in [1.54, 1.807) is 31.2 Å². The summed E-state index contributed by atoms with van der Waals surface area (Å²) in [6.07, 6.45) is 0. The highest BCUT2D eigenvalue weighted by atomic mass is 35.5. The van der Waals surface area contributed by atoms with Crippen molar-refractivity contribution in [3.05, 3.63) is 117 Å². The van der Waals surface area contributed by atoms with Gasteiger partial charge in [0.15, 0.2) is 9.84 Å². The Morgan fingerprint density at radius 3 is 2.37 bits per heavy atom. The predicted molar refractivity (Wildman–Crippen MR) is 156 cm³/mol. The number of likely N-dealkylation sites (N-methyl/N-ethyl adjacent to an activating group) is 1. The molecule has 1 unspecified atom stereocenters. The van der Waals surface area contributed by atoms with Crippen LogP contribution in [0.25, 0.3) is 0 Å². The Balaban J connectivity index is 1.52. The lowest BCUT2D eigenvalue weighted by Crippen LogP contribution is -2.34. The van der Waals surface area contributed by atoms with Crippen molar-refractivity contribution in [1.82, 2.24) is 10.2 Å². The zero-order chi connectivity index (χ0) is 29.4. The number of carbonyl (C=O) groups excluding carboxylic acids is 1. The van der Waals surface area contributed by atoms with Gasteiger partial charge in [0.05, 0.1) is 31.9 Å². The molecule has 1 atom stereocenters. The SMILES string of the molecule is CC1=C(C(=O)OCCN(C)Cc2ccccc2)C(c2cccc(Cl)c2)C2=C(CS(=O)(=O)c3ccccc3S2(=O)=O)N1. The summed E-state index contributed by atoms with van der Waals surface area (Å²) in [5, 5.41) is 3.28. The van der Waals surface area contributed by atoms with Gasteiger partial charge in [0, 0.05) is 29.5 Å². The van der Waals surface area contributed by atoms with Crippen molar-refractivity contribution in [2.75, 3.05) is 26.0 Å². The summed E-state index contributed by atoms with van der Waals surface area (Å²) < 4.78 is 60.7. The molecule has 11 heteroatoms. The van der Waals surface area contributed by atoms with Gasteiger partial charge in [0.1, 0.15) is 6.61 Å². The number of esters is 1. The molecule has 2 heterocycles. The van der Waals surface area contributed by atoms with Crippen molar-refractivity contribution < 1.29 is 26.4 Å². The maximum Gasteiger partial charge on any atom is 0.336 e. The van der Waals surface area contributed by atoms with Gasteiger partial charge in [-0.15, -0.1) is 0 Å². The van der Waals surface area contributed by atoms with Crippen LogP contribution in [0.1, 0.15) is 24.0 Å². The zero-order valence-electron chi connectivity index (χ0n) is 22.5. The van der Waals surface area contributed by atoms with Crippen LogP contribution in [-0.4, -0.2) is 53.7 Å². The van der Waals surface area contributed by atoms with E-state index in [1.807, 2.05) is 42.3 Å². The molecule has 0 bridgehead atoms. The second-order valence-corrected chi connectivity index (χ2v) is 14.3. The van der Waals surface area contributed by atoms with Crippen LogP contribution in [0.15, 0.2) is 111 Å². The van der Waals surface area contributed by atoms with Gasteiger partial charge in [0.2, 0.25) is 9.84 Å². The van der Waals surface area contributed by atoms with Gasteiger partial charge >= 0.3 is 5.97 Å². The number of sulfone groups is 2. The van der Waals surface area contributed by atoms with Gasteiger partial charge in [-0.2, -0.15) is 0 Å². The molecule has 0 aliphatic carbocycles. The average molecular weight is 613 g/mol. The number of hydrogen-bond acceptors (Lipinski definition) is 8. The lowest BCUT2D eigenvalue weighted by molar-refractivity contribution is -0.139. The molecule has 0 fully saturated rings. The van der Waals surface area contributed by atoms with Crippen molar-refractivity contribution in [2.45, 2.75) is 29.2 Å². The summed E-state index contributed by atoms with van der Waals surface area (Å²) in [6.45, 7) is 2.78. The summed E-state index contributed by atoms with van der Waals surface area (Å²) in [6, 6.07) is 22.0. The van der Waals surface area contributed by atoms with Crippen molar-refractivity contribution >= 4 is 37.2 Å². The number of ether oxygens (including phenoxy) is 1. The fourth-order valence-electron chi connectivity index (χ4n) is 5.24. The molecule has 41 heavy (non-hydrogen) atoms. The van der Waals surface area contributed by atoms with Gasteiger partial charge in [-0.05, 0) is 49.4 Å². The molecular weight excluding hydrogens is 584 g/mol. The quantitative estimate of drug-likeness (QED) is 0.390. The Hall–Kier alpha value is -3.44. The number of nitrogens with zero attached hydrogens (tertiary/aromatic N) is 1. The normalized spacial score (nSPS) is 19.2. The zero-order valence-corrected chi connectivity index (χ0v) is 24.9. The number of allylic oxidation sites excluding steroid dienone is 2. The van der Waals surface area contributed by atoms with Crippen LogP contribution >= 0.6 is 11.6 Å². The molecule has 0 saturated heterocycles. The van der Waals surface area contributed by atoms with Crippen molar-refractivity contribution in [1.29, 1.82) is 0 Å². The van der Waals surface area contributed by atoms with Crippen LogP contribution in [0.3, 0.4) is 0 Å². The third-order valence-electron chi connectivity index (χ3n) is 7.09. The molecule has 2 aliphatic heterocycles. The van der Waals surface area contributed by atoms with Crippen LogP contribution in [0.2, 0.25) is 5.02 Å². The fraction of sp³-hybridized carbons (Fsp3) is 0.233. The van der Waals surface area contributed by atoms with E-state index in [-0.39, 0.29) is 32.6 Å². The first-order chi connectivity index (χ1) is 19.5. The molecule has 0 spiro atoms. The van der Waals surface area contributed by atoms with E-state index < -0.39 is 37.3 Å². The van der Waals surface area contributed by atoms with Gasteiger partial charge in [-0.3, -0.25) is 4.90 Å². The highest BCUT2D eigenvalue weighted by molar-refractivity contribution is 7.97. The molecule has 3 aromatic rings. The number of benzene rings is 3. The molecule has 8 nitrogen and oxygen atoms in total. The molecule has 214 valence electrons. The Bertz CT molecular complexity index is 1780. The van der Waals surface area contributed by atoms with Crippen molar-refractivity contribution in [2.24, 2.45) is 0 Å². The number of rotatable bonds is 7. The Kier molecular flexibility index (Phi) is 8.11.